The topological polar surface area (TPSA) is 89.6 Å². The predicted octanol–water partition coefficient (Wildman–Crippen LogP) is 2.27. The molecule has 0 bridgehead atoms. The summed E-state index contributed by atoms with van der Waals surface area (Å²) in [6, 6.07) is 13.3. The first-order chi connectivity index (χ1) is 16.4. The maximum absolute atomic E-state index is 13.5. The van der Waals surface area contributed by atoms with E-state index in [-0.39, 0.29) is 23.3 Å². The summed E-state index contributed by atoms with van der Waals surface area (Å²) in [4.78, 5) is 43.7. The minimum absolute atomic E-state index is 0.0247. The van der Waals surface area contributed by atoms with Gasteiger partial charge in [0.05, 0.1) is 16.6 Å². The number of rotatable bonds is 5. The first-order valence-electron chi connectivity index (χ1n) is 11.8. The van der Waals surface area contributed by atoms with Gasteiger partial charge in [0.2, 0.25) is 5.91 Å². The van der Waals surface area contributed by atoms with Crippen LogP contribution in [0.4, 0.5) is 5.69 Å². The van der Waals surface area contributed by atoms with Crippen LogP contribution in [0.3, 0.4) is 0 Å². The van der Waals surface area contributed by atoms with Gasteiger partial charge in [-0.25, -0.2) is 5.10 Å². The largest absolute Gasteiger partial charge is 0.377 e. The quantitative estimate of drug-likeness (QED) is 0.632. The molecular formula is C26H29N5O3. The Morgan fingerprint density at radius 3 is 2.35 bits per heavy atom. The first-order valence-corrected chi connectivity index (χ1v) is 11.8. The molecule has 0 unspecified atom stereocenters. The molecule has 1 aromatic heterocycles. The lowest BCUT2D eigenvalue weighted by molar-refractivity contribution is -0.134. The fraction of sp³-hybridized carbons (Fsp3) is 0.385. The van der Waals surface area contributed by atoms with Crippen molar-refractivity contribution in [1.82, 2.24) is 20.0 Å². The Balaban J connectivity index is 1.39. The van der Waals surface area contributed by atoms with Crippen molar-refractivity contribution >= 4 is 28.3 Å². The Hall–Kier alpha value is -3.68. The zero-order valence-electron chi connectivity index (χ0n) is 19.6. The summed E-state index contributed by atoms with van der Waals surface area (Å²) in [5.41, 5.74) is 2.99. The van der Waals surface area contributed by atoms with Crippen LogP contribution in [0.2, 0.25) is 0 Å². The standard InChI is InChI=1S/C26H29N5O3/c1-29(2)23-10-7-17(16-22-19-5-3-4-6-20(19)24(32)28-27-22)15-21(23)26(34)31-13-11-30(12-14-31)25(33)18-8-9-18/h3-7,10,15,18H,8-9,11-14,16H2,1-2H3,(H,28,32). The molecular weight excluding hydrogens is 430 g/mol. The van der Waals surface area contributed by atoms with E-state index in [1.165, 1.54) is 0 Å². The molecule has 1 aliphatic heterocycles. The van der Waals surface area contributed by atoms with Gasteiger partial charge in [-0.2, -0.15) is 5.10 Å². The summed E-state index contributed by atoms with van der Waals surface area (Å²) >= 11 is 0. The van der Waals surface area contributed by atoms with E-state index in [4.69, 9.17) is 0 Å². The number of aromatic nitrogens is 2. The molecule has 1 saturated carbocycles. The van der Waals surface area contributed by atoms with Crippen LogP contribution in [0.15, 0.2) is 47.3 Å². The highest BCUT2D eigenvalue weighted by molar-refractivity contribution is 6.00. The Labute approximate surface area is 198 Å². The fourth-order valence-electron chi connectivity index (χ4n) is 4.64. The highest BCUT2D eigenvalue weighted by atomic mass is 16.2. The van der Waals surface area contributed by atoms with Crippen LogP contribution in [0.25, 0.3) is 10.8 Å². The lowest BCUT2D eigenvalue weighted by Gasteiger charge is -2.35. The van der Waals surface area contributed by atoms with Gasteiger partial charge in [-0.05, 0) is 36.6 Å². The van der Waals surface area contributed by atoms with Crippen LogP contribution in [-0.2, 0) is 11.2 Å². The number of H-pyrrole nitrogens is 1. The van der Waals surface area contributed by atoms with Crippen LogP contribution in [0.1, 0.15) is 34.5 Å². The van der Waals surface area contributed by atoms with Crippen LogP contribution in [0.5, 0.6) is 0 Å². The average Bonchev–Trinajstić information content (AvgIpc) is 3.71. The summed E-state index contributed by atoms with van der Waals surface area (Å²) in [7, 11) is 3.85. The first kappa shape index (κ1) is 22.1. The second-order valence-electron chi connectivity index (χ2n) is 9.36. The van der Waals surface area contributed by atoms with Gasteiger partial charge in [-0.15, -0.1) is 0 Å². The third kappa shape index (κ3) is 4.27. The molecule has 0 atom stereocenters. The van der Waals surface area contributed by atoms with Crippen molar-refractivity contribution in [1.29, 1.82) is 0 Å². The second kappa shape index (κ2) is 8.93. The molecule has 176 valence electrons. The molecule has 2 aromatic carbocycles. The van der Waals surface area contributed by atoms with E-state index in [0.717, 1.165) is 35.2 Å². The number of hydrogen-bond acceptors (Lipinski definition) is 5. The SMILES string of the molecule is CN(C)c1ccc(Cc2n[nH]c(=O)c3ccccc23)cc1C(=O)N1CCN(C(=O)C2CC2)CC1. The van der Waals surface area contributed by atoms with Crippen LogP contribution in [-0.4, -0.2) is 72.1 Å². The molecule has 2 fully saturated rings. The van der Waals surface area contributed by atoms with E-state index in [1.807, 2.05) is 65.2 Å². The third-order valence-electron chi connectivity index (χ3n) is 6.72. The number of amides is 2. The van der Waals surface area contributed by atoms with Gasteiger partial charge < -0.3 is 14.7 Å². The van der Waals surface area contributed by atoms with Crippen molar-refractivity contribution in [2.75, 3.05) is 45.2 Å². The lowest BCUT2D eigenvalue weighted by atomic mass is 10.0. The number of carbonyl (C=O) groups excluding carboxylic acids is 2. The Bertz CT molecular complexity index is 1300. The summed E-state index contributed by atoms with van der Waals surface area (Å²) in [6.45, 7) is 2.26. The molecule has 1 aliphatic carbocycles. The zero-order valence-corrected chi connectivity index (χ0v) is 19.6. The molecule has 2 amide bonds. The van der Waals surface area contributed by atoms with Gasteiger partial charge in [0.15, 0.2) is 0 Å². The number of carbonyl (C=O) groups is 2. The van der Waals surface area contributed by atoms with E-state index >= 15 is 0 Å². The van der Waals surface area contributed by atoms with Crippen molar-refractivity contribution < 1.29 is 9.59 Å². The molecule has 8 heteroatoms. The van der Waals surface area contributed by atoms with E-state index in [2.05, 4.69) is 10.2 Å². The number of anilines is 1. The minimum Gasteiger partial charge on any atom is -0.377 e. The number of fused-ring (bicyclic) bond motifs is 1. The van der Waals surface area contributed by atoms with Gasteiger partial charge in [0, 0.05) is 63.7 Å². The van der Waals surface area contributed by atoms with E-state index in [0.29, 0.717) is 43.5 Å². The molecule has 0 spiro atoms. The van der Waals surface area contributed by atoms with Gasteiger partial charge in [0.1, 0.15) is 0 Å². The number of nitrogens with zero attached hydrogens (tertiary/aromatic N) is 4. The van der Waals surface area contributed by atoms with Crippen molar-refractivity contribution in [3.8, 4) is 0 Å². The predicted molar refractivity (Wildman–Crippen MR) is 131 cm³/mol. The maximum atomic E-state index is 13.5. The van der Waals surface area contributed by atoms with Crippen molar-refractivity contribution in [3.63, 3.8) is 0 Å². The van der Waals surface area contributed by atoms with Gasteiger partial charge in [0.25, 0.3) is 11.5 Å². The van der Waals surface area contributed by atoms with Gasteiger partial charge >= 0.3 is 0 Å². The Morgan fingerprint density at radius 1 is 1.00 bits per heavy atom. The van der Waals surface area contributed by atoms with Crippen LogP contribution in [0, 0.1) is 5.92 Å². The highest BCUT2D eigenvalue weighted by Gasteiger charge is 2.35. The fourth-order valence-corrected chi connectivity index (χ4v) is 4.64. The third-order valence-corrected chi connectivity index (χ3v) is 6.72. The number of nitrogens with one attached hydrogen (secondary N) is 1. The number of benzene rings is 2. The molecule has 0 radical (unpaired) electrons. The summed E-state index contributed by atoms with van der Waals surface area (Å²) in [5.74, 6) is 0.420. The van der Waals surface area contributed by atoms with E-state index < -0.39 is 0 Å². The maximum Gasteiger partial charge on any atom is 0.272 e. The van der Waals surface area contributed by atoms with Crippen molar-refractivity contribution in [2.45, 2.75) is 19.3 Å². The van der Waals surface area contributed by atoms with Crippen LogP contribution >= 0.6 is 0 Å². The molecule has 2 aliphatic rings. The van der Waals surface area contributed by atoms with Gasteiger partial charge in [-0.3, -0.25) is 14.4 Å². The zero-order chi connectivity index (χ0) is 23.8. The molecule has 1 saturated heterocycles. The smallest absolute Gasteiger partial charge is 0.272 e. The number of piperazine rings is 1. The monoisotopic (exact) mass is 459 g/mol. The summed E-state index contributed by atoms with van der Waals surface area (Å²) < 4.78 is 0. The summed E-state index contributed by atoms with van der Waals surface area (Å²) in [5, 5.41) is 8.29. The van der Waals surface area contributed by atoms with E-state index in [1.54, 1.807) is 6.07 Å². The van der Waals surface area contributed by atoms with Crippen LogP contribution < -0.4 is 10.5 Å². The van der Waals surface area contributed by atoms with Gasteiger partial charge in [-0.1, -0.05) is 24.3 Å². The molecule has 8 nitrogen and oxygen atoms in total. The second-order valence-corrected chi connectivity index (χ2v) is 9.36. The van der Waals surface area contributed by atoms with Crippen molar-refractivity contribution in [2.24, 2.45) is 5.92 Å². The molecule has 34 heavy (non-hydrogen) atoms. The lowest BCUT2D eigenvalue weighted by Crippen LogP contribution is -2.51. The summed E-state index contributed by atoms with van der Waals surface area (Å²) in [6.07, 6.45) is 2.49. The number of hydrogen-bond donors (Lipinski definition) is 1. The normalized spacial score (nSPS) is 16.1. The minimum atomic E-state index is -0.211. The van der Waals surface area contributed by atoms with E-state index in [9.17, 15) is 14.4 Å². The molecule has 5 rings (SSSR count). The van der Waals surface area contributed by atoms with Crippen molar-refractivity contribution in [3.05, 3.63) is 69.6 Å². The number of aromatic amines is 1. The Kier molecular flexibility index (Phi) is 5.81. The molecule has 1 N–H and O–H groups in total. The molecule has 3 aromatic rings. The Morgan fingerprint density at radius 2 is 1.68 bits per heavy atom. The molecule has 2 heterocycles. The average molecular weight is 460 g/mol. The highest BCUT2D eigenvalue weighted by Crippen LogP contribution is 2.31.